The van der Waals surface area contributed by atoms with Gasteiger partial charge in [-0.15, -0.1) is 12.4 Å². The molecule has 2 atom stereocenters. The Balaban J connectivity index is 0. The number of amides is 1. The molecule has 0 bridgehead atoms. The molecule has 0 heterocycles. The van der Waals surface area contributed by atoms with Gasteiger partial charge >= 0.3 is 0 Å². The lowest BCUT2D eigenvalue weighted by Crippen LogP contribution is -2.46. The van der Waals surface area contributed by atoms with Crippen molar-refractivity contribution < 1.29 is 9.53 Å². The molecule has 0 spiro atoms. The third kappa shape index (κ3) is 8.21. The summed E-state index contributed by atoms with van der Waals surface area (Å²) in [6, 6.07) is -0.328. The first-order valence-electron chi connectivity index (χ1n) is 5.19. The largest absolute Gasteiger partial charge is 0.383 e. The first-order valence-corrected chi connectivity index (χ1v) is 6.58. The molecular weight excluding hydrogens is 248 g/mol. The molecule has 16 heavy (non-hydrogen) atoms. The summed E-state index contributed by atoms with van der Waals surface area (Å²) in [7, 11) is 1.63. The van der Waals surface area contributed by atoms with Crippen LogP contribution in [0.1, 0.15) is 19.8 Å². The molecule has 4 nitrogen and oxygen atoms in total. The molecule has 0 aliphatic carbocycles. The monoisotopic (exact) mass is 270 g/mol. The van der Waals surface area contributed by atoms with E-state index in [0.717, 1.165) is 18.6 Å². The van der Waals surface area contributed by atoms with Gasteiger partial charge in [0.1, 0.15) is 0 Å². The van der Waals surface area contributed by atoms with Crippen LogP contribution < -0.4 is 11.1 Å². The molecule has 0 fully saturated rings. The Hall–Kier alpha value is 0.0300. The van der Waals surface area contributed by atoms with E-state index < -0.39 is 6.04 Å². The fourth-order valence-corrected chi connectivity index (χ4v) is 1.64. The van der Waals surface area contributed by atoms with Gasteiger partial charge in [0.2, 0.25) is 5.91 Å². The van der Waals surface area contributed by atoms with Gasteiger partial charge in [-0.05, 0) is 24.9 Å². The minimum Gasteiger partial charge on any atom is -0.383 e. The molecule has 0 aromatic heterocycles. The fraction of sp³-hybridized carbons (Fsp3) is 0.900. The number of nitrogens with two attached hydrogens (primary N) is 1. The zero-order valence-electron chi connectivity index (χ0n) is 10.2. The van der Waals surface area contributed by atoms with Crippen molar-refractivity contribution in [1.82, 2.24) is 5.32 Å². The van der Waals surface area contributed by atoms with E-state index in [2.05, 4.69) is 5.32 Å². The zero-order valence-corrected chi connectivity index (χ0v) is 11.8. The van der Waals surface area contributed by atoms with Crippen LogP contribution in [0.2, 0.25) is 0 Å². The second-order valence-electron chi connectivity index (χ2n) is 3.46. The fourth-order valence-electron chi connectivity index (χ4n) is 1.15. The summed E-state index contributed by atoms with van der Waals surface area (Å²) in [5.41, 5.74) is 5.74. The lowest BCUT2D eigenvalue weighted by molar-refractivity contribution is -0.123. The van der Waals surface area contributed by atoms with Gasteiger partial charge in [-0.3, -0.25) is 4.79 Å². The van der Waals surface area contributed by atoms with Crippen molar-refractivity contribution in [3.8, 4) is 0 Å². The van der Waals surface area contributed by atoms with E-state index in [0.29, 0.717) is 6.61 Å². The number of thioether (sulfide) groups is 1. The predicted molar refractivity (Wildman–Crippen MR) is 72.3 cm³/mol. The van der Waals surface area contributed by atoms with Crippen LogP contribution in [-0.4, -0.2) is 43.7 Å². The van der Waals surface area contributed by atoms with Crippen molar-refractivity contribution in [3.05, 3.63) is 0 Å². The Morgan fingerprint density at radius 2 is 2.19 bits per heavy atom. The van der Waals surface area contributed by atoms with Crippen LogP contribution in [-0.2, 0) is 9.53 Å². The average Bonchev–Trinajstić information content (AvgIpc) is 2.24. The van der Waals surface area contributed by atoms with E-state index in [4.69, 9.17) is 10.5 Å². The summed E-state index contributed by atoms with van der Waals surface area (Å²) in [4.78, 5) is 11.6. The second-order valence-corrected chi connectivity index (χ2v) is 4.44. The van der Waals surface area contributed by atoms with Crippen molar-refractivity contribution in [3.63, 3.8) is 0 Å². The van der Waals surface area contributed by atoms with Crippen molar-refractivity contribution in [2.24, 2.45) is 5.73 Å². The van der Waals surface area contributed by atoms with Crippen LogP contribution in [0.4, 0.5) is 0 Å². The highest BCUT2D eigenvalue weighted by Crippen LogP contribution is 2.00. The molecule has 0 saturated carbocycles. The van der Waals surface area contributed by atoms with E-state index >= 15 is 0 Å². The zero-order chi connectivity index (χ0) is 11.7. The maximum absolute atomic E-state index is 11.6. The highest BCUT2D eigenvalue weighted by atomic mass is 35.5. The first-order chi connectivity index (χ1) is 7.15. The third-order valence-corrected chi connectivity index (χ3v) is 2.82. The van der Waals surface area contributed by atoms with Gasteiger partial charge in [0.05, 0.1) is 18.7 Å². The number of halogens is 1. The van der Waals surface area contributed by atoms with Gasteiger partial charge in [-0.25, -0.2) is 0 Å². The van der Waals surface area contributed by atoms with Crippen molar-refractivity contribution in [1.29, 1.82) is 0 Å². The number of nitrogens with one attached hydrogen (secondary N) is 1. The molecule has 1 unspecified atom stereocenters. The highest BCUT2D eigenvalue weighted by molar-refractivity contribution is 7.98. The smallest absolute Gasteiger partial charge is 0.237 e. The number of ether oxygens (including phenoxy) is 1. The molecule has 0 aromatic carbocycles. The minimum absolute atomic E-state index is 0. The van der Waals surface area contributed by atoms with Gasteiger partial charge in [0.15, 0.2) is 0 Å². The van der Waals surface area contributed by atoms with Crippen molar-refractivity contribution >= 4 is 30.1 Å². The van der Waals surface area contributed by atoms with Crippen LogP contribution in [0.3, 0.4) is 0 Å². The quantitative estimate of drug-likeness (QED) is 0.692. The van der Waals surface area contributed by atoms with Gasteiger partial charge in [-0.1, -0.05) is 6.92 Å². The third-order valence-electron chi connectivity index (χ3n) is 2.18. The molecule has 0 aliphatic heterocycles. The number of carbonyl (C=O) groups excluding carboxylic acids is 1. The van der Waals surface area contributed by atoms with Crippen LogP contribution in [0, 0.1) is 0 Å². The summed E-state index contributed by atoms with van der Waals surface area (Å²) in [5, 5.41) is 2.88. The minimum atomic E-state index is -0.400. The van der Waals surface area contributed by atoms with E-state index in [1.807, 2.05) is 13.2 Å². The van der Waals surface area contributed by atoms with Crippen molar-refractivity contribution in [2.75, 3.05) is 25.7 Å². The van der Waals surface area contributed by atoms with E-state index in [1.165, 1.54) is 0 Å². The van der Waals surface area contributed by atoms with Gasteiger partial charge in [-0.2, -0.15) is 11.8 Å². The lowest BCUT2D eigenvalue weighted by atomic mass is 10.2. The van der Waals surface area contributed by atoms with Gasteiger partial charge < -0.3 is 15.8 Å². The Labute approximate surface area is 108 Å². The summed E-state index contributed by atoms with van der Waals surface area (Å²) in [6.07, 6.45) is 3.58. The van der Waals surface area contributed by atoms with Gasteiger partial charge in [0, 0.05) is 7.11 Å². The number of hydrogen-bond acceptors (Lipinski definition) is 4. The van der Waals surface area contributed by atoms with E-state index in [1.54, 1.807) is 18.9 Å². The Morgan fingerprint density at radius 3 is 2.62 bits per heavy atom. The lowest BCUT2D eigenvalue weighted by Gasteiger charge is -2.18. The van der Waals surface area contributed by atoms with Crippen LogP contribution in [0.25, 0.3) is 0 Å². The van der Waals surface area contributed by atoms with E-state index in [9.17, 15) is 4.79 Å². The number of methoxy groups -OCH3 is 1. The molecule has 0 saturated heterocycles. The van der Waals surface area contributed by atoms with Crippen LogP contribution in [0.5, 0.6) is 0 Å². The standard InChI is InChI=1S/C10H22N2O2S.ClH/c1-4-8(7-14-2)12-10(13)9(11)5-6-15-3;/h8-9H,4-7,11H2,1-3H3,(H,12,13);1H/t8?,9-;/m0./s1. The summed E-state index contributed by atoms with van der Waals surface area (Å²) < 4.78 is 5.00. The maximum Gasteiger partial charge on any atom is 0.237 e. The van der Waals surface area contributed by atoms with Gasteiger partial charge in [0.25, 0.3) is 0 Å². The average molecular weight is 271 g/mol. The second kappa shape index (κ2) is 11.5. The maximum atomic E-state index is 11.6. The highest BCUT2D eigenvalue weighted by Gasteiger charge is 2.16. The van der Waals surface area contributed by atoms with Crippen LogP contribution >= 0.6 is 24.2 Å². The number of hydrogen-bond donors (Lipinski definition) is 2. The normalized spacial score (nSPS) is 13.8. The summed E-state index contributed by atoms with van der Waals surface area (Å²) in [5.74, 6) is 0.836. The topological polar surface area (TPSA) is 64.3 Å². The van der Waals surface area contributed by atoms with Crippen LogP contribution in [0.15, 0.2) is 0 Å². The molecule has 0 aliphatic rings. The Kier molecular flexibility index (Phi) is 13.2. The molecule has 0 radical (unpaired) electrons. The number of rotatable bonds is 8. The SMILES string of the molecule is CCC(COC)NC(=O)[C@@H](N)CCSC.Cl. The molecule has 3 N–H and O–H groups in total. The first kappa shape index (κ1) is 18.4. The summed E-state index contributed by atoms with van der Waals surface area (Å²) in [6.45, 7) is 2.55. The Morgan fingerprint density at radius 1 is 1.56 bits per heavy atom. The molecule has 98 valence electrons. The molecular formula is C10H23ClN2O2S. The molecule has 6 heteroatoms. The molecule has 1 amide bonds. The van der Waals surface area contributed by atoms with Crippen molar-refractivity contribution in [2.45, 2.75) is 31.8 Å². The number of carbonyl (C=O) groups is 1. The predicted octanol–water partition coefficient (Wildman–Crippen LogP) is 1.03. The Bertz CT molecular complexity index is 184. The summed E-state index contributed by atoms with van der Waals surface area (Å²) >= 11 is 1.70. The molecule has 0 aromatic rings. The molecule has 0 rings (SSSR count). The van der Waals surface area contributed by atoms with E-state index in [-0.39, 0.29) is 24.4 Å².